The maximum absolute atomic E-state index is 10.6. The van der Waals surface area contributed by atoms with E-state index in [9.17, 15) is 4.79 Å². The first-order valence-corrected chi connectivity index (χ1v) is 5.28. The van der Waals surface area contributed by atoms with Gasteiger partial charge in [-0.1, -0.05) is 30.4 Å². The molecule has 1 rings (SSSR count). The van der Waals surface area contributed by atoms with E-state index in [1.807, 2.05) is 36.4 Å². The summed E-state index contributed by atoms with van der Waals surface area (Å²) in [6.45, 7) is 9.89. The van der Waals surface area contributed by atoms with Crippen molar-refractivity contribution in [3.8, 4) is 0 Å². The Morgan fingerprint density at radius 1 is 1.19 bits per heavy atom. The van der Waals surface area contributed by atoms with Crippen molar-refractivity contribution in [2.75, 3.05) is 13.1 Å². The van der Waals surface area contributed by atoms with Crippen molar-refractivity contribution < 1.29 is 4.79 Å². The molecule has 16 heavy (non-hydrogen) atoms. The molecular weight excluding hydrogens is 198 g/mol. The second-order valence-electron chi connectivity index (χ2n) is 3.63. The van der Waals surface area contributed by atoms with Gasteiger partial charge < -0.3 is 0 Å². The quantitative estimate of drug-likeness (QED) is 0.515. The summed E-state index contributed by atoms with van der Waals surface area (Å²) < 4.78 is 0. The van der Waals surface area contributed by atoms with Gasteiger partial charge >= 0.3 is 0 Å². The molecule has 0 heterocycles. The zero-order valence-electron chi connectivity index (χ0n) is 9.43. The van der Waals surface area contributed by atoms with Crippen molar-refractivity contribution >= 4 is 6.29 Å². The third-order valence-electron chi connectivity index (χ3n) is 2.27. The summed E-state index contributed by atoms with van der Waals surface area (Å²) in [4.78, 5) is 12.8. The maximum atomic E-state index is 10.6. The van der Waals surface area contributed by atoms with E-state index in [-0.39, 0.29) is 0 Å². The summed E-state index contributed by atoms with van der Waals surface area (Å²) in [5, 5.41) is 0. The second-order valence-corrected chi connectivity index (χ2v) is 3.63. The molecule has 0 spiro atoms. The van der Waals surface area contributed by atoms with E-state index in [0.29, 0.717) is 0 Å². The summed E-state index contributed by atoms with van der Waals surface area (Å²) >= 11 is 0. The normalized spacial score (nSPS) is 10.1. The lowest BCUT2D eigenvalue weighted by Gasteiger charge is -2.18. The number of aldehydes is 1. The molecule has 0 aromatic heterocycles. The Balaban J connectivity index is 2.71. The van der Waals surface area contributed by atoms with Crippen molar-refractivity contribution in [3.05, 3.63) is 60.7 Å². The highest BCUT2D eigenvalue weighted by Crippen LogP contribution is 2.07. The standard InChI is InChI=1S/C14H17NO/c1-3-8-15(9-4-2)11-13-6-5-7-14(10-13)12-16/h3-7,10,12H,1-2,8-9,11H2. The highest BCUT2D eigenvalue weighted by molar-refractivity contribution is 5.74. The van der Waals surface area contributed by atoms with Gasteiger partial charge in [-0.05, 0) is 11.6 Å². The Morgan fingerprint density at radius 3 is 2.44 bits per heavy atom. The van der Waals surface area contributed by atoms with Crippen LogP contribution in [0.2, 0.25) is 0 Å². The van der Waals surface area contributed by atoms with Crippen molar-refractivity contribution in [1.29, 1.82) is 0 Å². The first-order valence-electron chi connectivity index (χ1n) is 5.28. The van der Waals surface area contributed by atoms with Crippen LogP contribution in [0.15, 0.2) is 49.6 Å². The third kappa shape index (κ3) is 3.83. The van der Waals surface area contributed by atoms with Gasteiger partial charge in [-0.25, -0.2) is 0 Å². The molecule has 0 fully saturated rings. The zero-order chi connectivity index (χ0) is 11.8. The van der Waals surface area contributed by atoms with E-state index in [1.54, 1.807) is 0 Å². The van der Waals surface area contributed by atoms with Crippen LogP contribution in [0.4, 0.5) is 0 Å². The van der Waals surface area contributed by atoms with Crippen LogP contribution >= 0.6 is 0 Å². The van der Waals surface area contributed by atoms with E-state index in [1.165, 1.54) is 0 Å². The molecule has 0 aliphatic heterocycles. The van der Waals surface area contributed by atoms with Gasteiger partial charge in [-0.2, -0.15) is 0 Å². The number of nitrogens with zero attached hydrogens (tertiary/aromatic N) is 1. The molecule has 2 nitrogen and oxygen atoms in total. The molecule has 1 aromatic rings. The van der Waals surface area contributed by atoms with Crippen LogP contribution < -0.4 is 0 Å². The fourth-order valence-electron chi connectivity index (χ4n) is 1.59. The van der Waals surface area contributed by atoms with Gasteiger partial charge in [0.05, 0.1) is 0 Å². The minimum Gasteiger partial charge on any atom is -0.298 e. The predicted octanol–water partition coefficient (Wildman–Crippen LogP) is 2.67. The Hall–Kier alpha value is -1.67. The lowest BCUT2D eigenvalue weighted by Crippen LogP contribution is -2.23. The van der Waals surface area contributed by atoms with E-state index in [4.69, 9.17) is 0 Å². The number of rotatable bonds is 7. The molecular formula is C14H17NO. The van der Waals surface area contributed by atoms with E-state index < -0.39 is 0 Å². The molecule has 0 saturated carbocycles. The molecule has 84 valence electrons. The minimum atomic E-state index is 0.717. The molecule has 0 unspecified atom stereocenters. The molecule has 0 amide bonds. The number of carbonyl (C=O) groups is 1. The third-order valence-corrected chi connectivity index (χ3v) is 2.27. The Morgan fingerprint density at radius 2 is 1.88 bits per heavy atom. The van der Waals surface area contributed by atoms with Crippen molar-refractivity contribution in [2.24, 2.45) is 0 Å². The lowest BCUT2D eigenvalue weighted by molar-refractivity contribution is 0.112. The Bertz CT molecular complexity index is 361. The first-order chi connectivity index (χ1) is 7.80. The van der Waals surface area contributed by atoms with Crippen molar-refractivity contribution in [2.45, 2.75) is 6.54 Å². The number of benzene rings is 1. The summed E-state index contributed by atoms with van der Waals surface area (Å²) in [5.74, 6) is 0. The van der Waals surface area contributed by atoms with Gasteiger partial charge in [0.2, 0.25) is 0 Å². The van der Waals surface area contributed by atoms with E-state index in [0.717, 1.165) is 37.0 Å². The monoisotopic (exact) mass is 215 g/mol. The fraction of sp³-hybridized carbons (Fsp3) is 0.214. The fourth-order valence-corrected chi connectivity index (χ4v) is 1.59. The molecule has 0 saturated heterocycles. The number of carbonyl (C=O) groups excluding carboxylic acids is 1. The maximum Gasteiger partial charge on any atom is 0.150 e. The summed E-state index contributed by atoms with van der Waals surface area (Å²) in [7, 11) is 0. The van der Waals surface area contributed by atoms with Crippen LogP contribution in [-0.2, 0) is 6.54 Å². The molecule has 0 radical (unpaired) electrons. The summed E-state index contributed by atoms with van der Waals surface area (Å²) in [6.07, 6.45) is 4.61. The number of hydrogen-bond donors (Lipinski definition) is 0. The number of hydrogen-bond acceptors (Lipinski definition) is 2. The SMILES string of the molecule is C=CCN(CC=C)Cc1cccc(C=O)c1. The molecule has 1 aromatic carbocycles. The Labute approximate surface area is 96.9 Å². The molecule has 0 atom stereocenters. The second kappa shape index (κ2) is 6.75. The molecule has 0 aliphatic carbocycles. The summed E-state index contributed by atoms with van der Waals surface area (Å²) in [6, 6.07) is 7.64. The highest BCUT2D eigenvalue weighted by atomic mass is 16.1. The Kier molecular flexibility index (Phi) is 5.23. The molecule has 0 bridgehead atoms. The molecule has 0 aliphatic rings. The van der Waals surface area contributed by atoms with E-state index in [2.05, 4.69) is 18.1 Å². The van der Waals surface area contributed by atoms with Gasteiger partial charge in [0, 0.05) is 25.2 Å². The van der Waals surface area contributed by atoms with Gasteiger partial charge in [0.25, 0.3) is 0 Å². The van der Waals surface area contributed by atoms with Gasteiger partial charge in [-0.15, -0.1) is 13.2 Å². The predicted molar refractivity (Wildman–Crippen MR) is 67.5 cm³/mol. The van der Waals surface area contributed by atoms with Crippen molar-refractivity contribution in [1.82, 2.24) is 4.90 Å². The van der Waals surface area contributed by atoms with Crippen LogP contribution in [0.25, 0.3) is 0 Å². The largest absolute Gasteiger partial charge is 0.298 e. The topological polar surface area (TPSA) is 20.3 Å². The zero-order valence-corrected chi connectivity index (χ0v) is 9.43. The minimum absolute atomic E-state index is 0.717. The van der Waals surface area contributed by atoms with Crippen LogP contribution in [0.5, 0.6) is 0 Å². The smallest absolute Gasteiger partial charge is 0.150 e. The van der Waals surface area contributed by atoms with Crippen molar-refractivity contribution in [3.63, 3.8) is 0 Å². The average Bonchev–Trinajstić information content (AvgIpc) is 2.30. The van der Waals surface area contributed by atoms with Gasteiger partial charge in [0.1, 0.15) is 6.29 Å². The van der Waals surface area contributed by atoms with Crippen LogP contribution in [0.1, 0.15) is 15.9 Å². The van der Waals surface area contributed by atoms with Crippen LogP contribution in [0, 0.1) is 0 Å². The van der Waals surface area contributed by atoms with Crippen LogP contribution in [-0.4, -0.2) is 24.3 Å². The lowest BCUT2D eigenvalue weighted by atomic mass is 10.1. The highest BCUT2D eigenvalue weighted by Gasteiger charge is 2.02. The van der Waals surface area contributed by atoms with Crippen LogP contribution in [0.3, 0.4) is 0 Å². The molecule has 0 N–H and O–H groups in total. The first kappa shape index (κ1) is 12.4. The van der Waals surface area contributed by atoms with E-state index >= 15 is 0 Å². The van der Waals surface area contributed by atoms with Gasteiger partial charge in [0.15, 0.2) is 0 Å². The van der Waals surface area contributed by atoms with Gasteiger partial charge in [-0.3, -0.25) is 9.69 Å². The molecule has 2 heteroatoms. The average molecular weight is 215 g/mol. The summed E-state index contributed by atoms with van der Waals surface area (Å²) in [5.41, 5.74) is 1.85.